The predicted molar refractivity (Wildman–Crippen MR) is 76.4 cm³/mol. The van der Waals surface area contributed by atoms with Gasteiger partial charge in [-0.15, -0.1) is 0 Å². The smallest absolute Gasteiger partial charge is 0.280 e. The Kier molecular flexibility index (Phi) is 4.29. The van der Waals surface area contributed by atoms with Gasteiger partial charge in [0.25, 0.3) is 10.0 Å². The Morgan fingerprint density at radius 1 is 1.00 bits per heavy atom. The second kappa shape index (κ2) is 5.69. The van der Waals surface area contributed by atoms with Crippen LogP contribution in [0.4, 0.5) is 18.9 Å². The van der Waals surface area contributed by atoms with Crippen molar-refractivity contribution >= 4 is 31.6 Å². The first-order chi connectivity index (χ1) is 9.70. The SMILES string of the molecule is O=S(=O)(Nc1ccc(Br)c(C(F)(F)F)c1)c1ccccc1. The monoisotopic (exact) mass is 379 g/mol. The van der Waals surface area contributed by atoms with Crippen LogP contribution >= 0.6 is 15.9 Å². The lowest BCUT2D eigenvalue weighted by Gasteiger charge is -2.13. The summed E-state index contributed by atoms with van der Waals surface area (Å²) in [4.78, 5) is -0.0264. The van der Waals surface area contributed by atoms with Crippen molar-refractivity contribution in [3.63, 3.8) is 0 Å². The maximum atomic E-state index is 12.8. The van der Waals surface area contributed by atoms with E-state index in [9.17, 15) is 21.6 Å². The third-order valence-electron chi connectivity index (χ3n) is 2.58. The number of nitrogens with one attached hydrogen (secondary N) is 1. The van der Waals surface area contributed by atoms with Crippen LogP contribution in [0.15, 0.2) is 57.9 Å². The zero-order chi connectivity index (χ0) is 15.7. The molecule has 1 N–H and O–H groups in total. The van der Waals surface area contributed by atoms with E-state index in [1.165, 1.54) is 30.3 Å². The molecule has 0 aliphatic heterocycles. The quantitative estimate of drug-likeness (QED) is 0.865. The molecule has 0 bridgehead atoms. The van der Waals surface area contributed by atoms with Crippen LogP contribution < -0.4 is 4.72 Å². The largest absolute Gasteiger partial charge is 0.417 e. The van der Waals surface area contributed by atoms with Gasteiger partial charge >= 0.3 is 6.18 Å². The minimum Gasteiger partial charge on any atom is -0.280 e. The highest BCUT2D eigenvalue weighted by atomic mass is 79.9. The zero-order valence-electron chi connectivity index (χ0n) is 10.4. The molecule has 0 aliphatic rings. The van der Waals surface area contributed by atoms with E-state index in [-0.39, 0.29) is 15.1 Å². The minimum atomic E-state index is -4.58. The molecule has 0 aliphatic carbocycles. The fourth-order valence-corrected chi connectivity index (χ4v) is 3.16. The highest BCUT2D eigenvalue weighted by Gasteiger charge is 2.33. The van der Waals surface area contributed by atoms with Crippen molar-refractivity contribution in [3.05, 3.63) is 58.6 Å². The first-order valence-electron chi connectivity index (χ1n) is 5.65. The molecule has 2 rings (SSSR count). The van der Waals surface area contributed by atoms with Gasteiger partial charge in [-0.05, 0) is 30.3 Å². The average Bonchev–Trinajstić information content (AvgIpc) is 2.40. The maximum absolute atomic E-state index is 12.8. The van der Waals surface area contributed by atoms with E-state index in [1.54, 1.807) is 6.07 Å². The van der Waals surface area contributed by atoms with Crippen LogP contribution in [-0.2, 0) is 16.2 Å². The van der Waals surface area contributed by atoms with Crippen molar-refractivity contribution in [2.45, 2.75) is 11.1 Å². The Bertz CT molecular complexity index is 746. The summed E-state index contributed by atoms with van der Waals surface area (Å²) >= 11 is 2.79. The van der Waals surface area contributed by atoms with Gasteiger partial charge < -0.3 is 0 Å². The molecule has 3 nitrogen and oxygen atoms in total. The third-order valence-corrected chi connectivity index (χ3v) is 4.67. The van der Waals surface area contributed by atoms with Crippen molar-refractivity contribution in [2.75, 3.05) is 4.72 Å². The van der Waals surface area contributed by atoms with Crippen LogP contribution in [0, 0.1) is 0 Å². The van der Waals surface area contributed by atoms with E-state index in [1.807, 2.05) is 0 Å². The fraction of sp³-hybridized carbons (Fsp3) is 0.0769. The topological polar surface area (TPSA) is 46.2 Å². The number of hydrogen-bond donors (Lipinski definition) is 1. The molecule has 112 valence electrons. The first-order valence-corrected chi connectivity index (χ1v) is 7.92. The van der Waals surface area contributed by atoms with Gasteiger partial charge in [0.15, 0.2) is 0 Å². The number of benzene rings is 2. The van der Waals surface area contributed by atoms with Crippen LogP contribution in [0.2, 0.25) is 0 Å². The zero-order valence-corrected chi connectivity index (χ0v) is 12.8. The lowest BCUT2D eigenvalue weighted by atomic mass is 10.2. The molecule has 2 aromatic rings. The normalized spacial score (nSPS) is 12.2. The second-order valence-corrected chi connectivity index (χ2v) is 6.65. The molecule has 0 spiro atoms. The van der Waals surface area contributed by atoms with Crippen molar-refractivity contribution in [1.82, 2.24) is 0 Å². The Morgan fingerprint density at radius 2 is 1.62 bits per heavy atom. The molecule has 0 heterocycles. The highest BCUT2D eigenvalue weighted by molar-refractivity contribution is 9.10. The van der Waals surface area contributed by atoms with E-state index in [2.05, 4.69) is 20.7 Å². The Labute approximate surface area is 128 Å². The van der Waals surface area contributed by atoms with Gasteiger partial charge in [-0.25, -0.2) is 8.42 Å². The molecule has 0 fully saturated rings. The van der Waals surface area contributed by atoms with Crippen LogP contribution in [0.25, 0.3) is 0 Å². The van der Waals surface area contributed by atoms with Gasteiger partial charge in [0.05, 0.1) is 10.5 Å². The first kappa shape index (κ1) is 15.8. The molecule has 0 atom stereocenters. The van der Waals surface area contributed by atoms with Crippen LogP contribution in [0.5, 0.6) is 0 Å². The minimum absolute atomic E-state index is 0.0264. The lowest BCUT2D eigenvalue weighted by Crippen LogP contribution is -2.14. The summed E-state index contributed by atoms with van der Waals surface area (Å²) in [6, 6.07) is 10.5. The number of rotatable bonds is 3. The molecule has 0 unspecified atom stereocenters. The molecule has 0 saturated heterocycles. The Hall–Kier alpha value is -1.54. The molecule has 2 aromatic carbocycles. The van der Waals surface area contributed by atoms with Crippen molar-refractivity contribution in [2.24, 2.45) is 0 Å². The number of hydrogen-bond acceptors (Lipinski definition) is 2. The fourth-order valence-electron chi connectivity index (χ4n) is 1.62. The number of sulfonamides is 1. The van der Waals surface area contributed by atoms with E-state index in [4.69, 9.17) is 0 Å². The van der Waals surface area contributed by atoms with Crippen molar-refractivity contribution < 1.29 is 21.6 Å². The van der Waals surface area contributed by atoms with Gasteiger partial charge in [-0.3, -0.25) is 4.72 Å². The lowest BCUT2D eigenvalue weighted by molar-refractivity contribution is -0.138. The van der Waals surface area contributed by atoms with Gasteiger partial charge in [0.1, 0.15) is 0 Å². The van der Waals surface area contributed by atoms with E-state index < -0.39 is 21.8 Å². The van der Waals surface area contributed by atoms with Crippen LogP contribution in [0.3, 0.4) is 0 Å². The summed E-state index contributed by atoms with van der Waals surface area (Å²) in [7, 11) is -3.92. The molecule has 21 heavy (non-hydrogen) atoms. The summed E-state index contributed by atoms with van der Waals surface area (Å²) in [5.74, 6) is 0. The summed E-state index contributed by atoms with van der Waals surface area (Å²) in [5, 5.41) is 0. The number of halogens is 4. The average molecular weight is 380 g/mol. The van der Waals surface area contributed by atoms with E-state index >= 15 is 0 Å². The molecule has 8 heteroatoms. The Balaban J connectivity index is 2.37. The Morgan fingerprint density at radius 3 is 2.19 bits per heavy atom. The second-order valence-electron chi connectivity index (χ2n) is 4.11. The third kappa shape index (κ3) is 3.76. The standard InChI is InChI=1S/C13H9BrF3NO2S/c14-12-7-6-9(8-11(12)13(15,16)17)18-21(19,20)10-4-2-1-3-5-10/h1-8,18H. The molecule has 0 saturated carbocycles. The van der Waals surface area contributed by atoms with E-state index in [0.717, 1.165) is 12.1 Å². The number of anilines is 1. The van der Waals surface area contributed by atoms with Gasteiger partial charge in [0.2, 0.25) is 0 Å². The summed E-state index contributed by atoms with van der Waals surface area (Å²) in [6.07, 6.45) is -4.58. The van der Waals surface area contributed by atoms with Gasteiger partial charge in [0, 0.05) is 10.2 Å². The van der Waals surface area contributed by atoms with Crippen LogP contribution in [0.1, 0.15) is 5.56 Å². The van der Waals surface area contributed by atoms with E-state index in [0.29, 0.717) is 0 Å². The molecular formula is C13H9BrF3NO2S. The molecule has 0 aromatic heterocycles. The van der Waals surface area contributed by atoms with Crippen LogP contribution in [-0.4, -0.2) is 8.42 Å². The maximum Gasteiger partial charge on any atom is 0.417 e. The summed E-state index contributed by atoms with van der Waals surface area (Å²) in [6.45, 7) is 0. The van der Waals surface area contributed by atoms with Crippen molar-refractivity contribution in [3.8, 4) is 0 Å². The predicted octanol–water partition coefficient (Wildman–Crippen LogP) is 4.27. The molecule has 0 amide bonds. The van der Waals surface area contributed by atoms with Gasteiger partial charge in [-0.2, -0.15) is 13.2 Å². The highest BCUT2D eigenvalue weighted by Crippen LogP contribution is 2.36. The molecule has 0 radical (unpaired) electrons. The van der Waals surface area contributed by atoms with Gasteiger partial charge in [-0.1, -0.05) is 34.1 Å². The van der Waals surface area contributed by atoms with Crippen molar-refractivity contribution in [1.29, 1.82) is 0 Å². The molecular weight excluding hydrogens is 371 g/mol. The summed E-state index contributed by atoms with van der Waals surface area (Å²) < 4.78 is 64.4. The number of alkyl halides is 3. The summed E-state index contributed by atoms with van der Waals surface area (Å²) in [5.41, 5.74) is -1.11.